The van der Waals surface area contributed by atoms with Crippen LogP contribution in [0.4, 0.5) is 11.4 Å². The molecular weight excluding hydrogens is 376 g/mol. The normalized spacial score (nSPS) is 24.7. The van der Waals surface area contributed by atoms with E-state index in [1.165, 1.54) is 51.0 Å². The number of carbonyl (C=O) groups is 1. The van der Waals surface area contributed by atoms with Gasteiger partial charge in [0.25, 0.3) is 0 Å². The highest BCUT2D eigenvalue weighted by molar-refractivity contribution is 5.92. The molecule has 4 rings (SSSR count). The molecule has 3 aliphatic heterocycles. The summed E-state index contributed by atoms with van der Waals surface area (Å²) >= 11 is 0. The molecule has 1 N–H and O–H groups in total. The number of hydrogen-bond acceptors (Lipinski definition) is 5. The summed E-state index contributed by atoms with van der Waals surface area (Å²) < 4.78 is 5.42. The molecule has 30 heavy (non-hydrogen) atoms. The number of ether oxygens (including phenoxy) is 1. The van der Waals surface area contributed by atoms with Gasteiger partial charge in [-0.3, -0.25) is 9.69 Å². The van der Waals surface area contributed by atoms with E-state index in [9.17, 15) is 4.79 Å². The summed E-state index contributed by atoms with van der Waals surface area (Å²) in [5, 5.41) is 3.09. The van der Waals surface area contributed by atoms with E-state index in [0.29, 0.717) is 12.5 Å². The van der Waals surface area contributed by atoms with Gasteiger partial charge in [0.15, 0.2) is 0 Å². The first kappa shape index (κ1) is 21.6. The molecule has 3 aliphatic rings. The second-order valence-electron chi connectivity index (χ2n) is 9.42. The second-order valence-corrected chi connectivity index (χ2v) is 9.42. The summed E-state index contributed by atoms with van der Waals surface area (Å²) in [6.45, 7) is 12.1. The number of morpholine rings is 1. The Kier molecular flexibility index (Phi) is 7.63. The Balaban J connectivity index is 1.21. The summed E-state index contributed by atoms with van der Waals surface area (Å²) in [5.74, 6) is 1.69. The molecule has 6 nitrogen and oxygen atoms in total. The van der Waals surface area contributed by atoms with Gasteiger partial charge < -0.3 is 19.9 Å². The zero-order valence-electron chi connectivity index (χ0n) is 18.5. The summed E-state index contributed by atoms with van der Waals surface area (Å²) in [5.41, 5.74) is 2.08. The number of hydrogen-bond donors (Lipinski definition) is 1. The summed E-state index contributed by atoms with van der Waals surface area (Å²) in [6, 6.07) is 8.22. The fraction of sp³-hybridized carbons (Fsp3) is 0.708. The minimum Gasteiger partial charge on any atom is -0.378 e. The molecule has 0 aromatic heterocycles. The molecule has 1 aromatic rings. The zero-order valence-corrected chi connectivity index (χ0v) is 18.5. The number of likely N-dealkylation sites (tertiary alicyclic amines) is 2. The van der Waals surface area contributed by atoms with E-state index in [1.807, 2.05) is 12.1 Å². The van der Waals surface area contributed by atoms with Crippen molar-refractivity contribution in [2.75, 3.05) is 75.8 Å². The molecule has 1 aromatic carbocycles. The van der Waals surface area contributed by atoms with Crippen LogP contribution in [0.15, 0.2) is 24.3 Å². The van der Waals surface area contributed by atoms with E-state index in [4.69, 9.17) is 4.74 Å². The Morgan fingerprint density at radius 2 is 1.73 bits per heavy atom. The average molecular weight is 415 g/mol. The third-order valence-electron chi connectivity index (χ3n) is 6.89. The molecule has 1 amide bonds. The Bertz CT molecular complexity index is 666. The molecule has 0 spiro atoms. The first-order chi connectivity index (χ1) is 14.7. The quantitative estimate of drug-likeness (QED) is 0.776. The molecule has 0 radical (unpaired) electrons. The molecule has 0 saturated carbocycles. The fourth-order valence-corrected chi connectivity index (χ4v) is 5.03. The lowest BCUT2D eigenvalue weighted by Crippen LogP contribution is -2.45. The van der Waals surface area contributed by atoms with Gasteiger partial charge in [-0.2, -0.15) is 0 Å². The molecule has 3 fully saturated rings. The Labute approximate surface area is 181 Å². The standard InChI is InChI=1S/C24H38N4O2/c1-20-8-11-26(12-9-20)17-21-3-2-10-27(18-21)19-24(29)25-22-4-6-23(7-5-22)28-13-15-30-16-14-28/h4-7,20-21H,2-3,8-19H2,1H3,(H,25,29). The Morgan fingerprint density at radius 3 is 2.47 bits per heavy atom. The van der Waals surface area contributed by atoms with Crippen molar-refractivity contribution in [3.63, 3.8) is 0 Å². The van der Waals surface area contributed by atoms with Crippen molar-refractivity contribution in [2.45, 2.75) is 32.6 Å². The van der Waals surface area contributed by atoms with Gasteiger partial charge >= 0.3 is 0 Å². The van der Waals surface area contributed by atoms with Gasteiger partial charge in [-0.05, 0) is 81.4 Å². The Morgan fingerprint density at radius 1 is 1.00 bits per heavy atom. The number of amides is 1. The van der Waals surface area contributed by atoms with Crippen LogP contribution in [-0.4, -0.2) is 81.3 Å². The lowest BCUT2D eigenvalue weighted by Gasteiger charge is -2.37. The van der Waals surface area contributed by atoms with Crippen molar-refractivity contribution in [1.29, 1.82) is 0 Å². The number of benzene rings is 1. The van der Waals surface area contributed by atoms with E-state index in [1.54, 1.807) is 0 Å². The van der Waals surface area contributed by atoms with Crippen molar-refractivity contribution < 1.29 is 9.53 Å². The van der Waals surface area contributed by atoms with Gasteiger partial charge in [-0.1, -0.05) is 6.92 Å². The van der Waals surface area contributed by atoms with Crippen LogP contribution in [0, 0.1) is 11.8 Å². The van der Waals surface area contributed by atoms with Crippen molar-refractivity contribution in [3.8, 4) is 0 Å². The van der Waals surface area contributed by atoms with Gasteiger partial charge in [-0.25, -0.2) is 0 Å². The van der Waals surface area contributed by atoms with Crippen molar-refractivity contribution in [2.24, 2.45) is 11.8 Å². The predicted octanol–water partition coefficient (Wildman–Crippen LogP) is 2.91. The van der Waals surface area contributed by atoms with Gasteiger partial charge in [0.05, 0.1) is 19.8 Å². The van der Waals surface area contributed by atoms with Crippen LogP contribution in [0.2, 0.25) is 0 Å². The average Bonchev–Trinajstić information content (AvgIpc) is 2.77. The van der Waals surface area contributed by atoms with Gasteiger partial charge in [0.1, 0.15) is 0 Å². The molecule has 6 heteroatoms. The fourth-order valence-electron chi connectivity index (χ4n) is 5.03. The molecule has 3 saturated heterocycles. The maximum Gasteiger partial charge on any atom is 0.238 e. The first-order valence-corrected chi connectivity index (χ1v) is 11.8. The highest BCUT2D eigenvalue weighted by atomic mass is 16.5. The first-order valence-electron chi connectivity index (χ1n) is 11.8. The van der Waals surface area contributed by atoms with Crippen molar-refractivity contribution in [1.82, 2.24) is 9.80 Å². The van der Waals surface area contributed by atoms with E-state index in [2.05, 4.69) is 39.1 Å². The van der Waals surface area contributed by atoms with Crippen LogP contribution < -0.4 is 10.2 Å². The predicted molar refractivity (Wildman–Crippen MR) is 122 cm³/mol. The number of piperidine rings is 2. The molecule has 0 aliphatic carbocycles. The highest BCUT2D eigenvalue weighted by Gasteiger charge is 2.25. The molecule has 1 unspecified atom stereocenters. The van der Waals surface area contributed by atoms with Crippen LogP contribution in [0.5, 0.6) is 0 Å². The van der Waals surface area contributed by atoms with Crippen LogP contribution in [0.1, 0.15) is 32.6 Å². The number of rotatable bonds is 6. The maximum atomic E-state index is 12.6. The van der Waals surface area contributed by atoms with Crippen molar-refractivity contribution in [3.05, 3.63) is 24.3 Å². The van der Waals surface area contributed by atoms with Crippen LogP contribution in [0.25, 0.3) is 0 Å². The zero-order chi connectivity index (χ0) is 20.8. The highest BCUT2D eigenvalue weighted by Crippen LogP contribution is 2.22. The topological polar surface area (TPSA) is 48.0 Å². The number of nitrogens with one attached hydrogen (secondary N) is 1. The summed E-state index contributed by atoms with van der Waals surface area (Å²) in [7, 11) is 0. The van der Waals surface area contributed by atoms with Crippen molar-refractivity contribution >= 4 is 17.3 Å². The third kappa shape index (κ3) is 6.19. The van der Waals surface area contributed by atoms with Gasteiger partial charge in [0.2, 0.25) is 5.91 Å². The number of carbonyl (C=O) groups excluding carboxylic acids is 1. The van der Waals surface area contributed by atoms with E-state index < -0.39 is 0 Å². The third-order valence-corrected chi connectivity index (χ3v) is 6.89. The molecule has 0 bridgehead atoms. The lowest BCUT2D eigenvalue weighted by atomic mass is 9.94. The molecule has 3 heterocycles. The maximum absolute atomic E-state index is 12.6. The Hall–Kier alpha value is -1.63. The van der Waals surface area contributed by atoms with Gasteiger partial charge in [0, 0.05) is 37.6 Å². The SMILES string of the molecule is CC1CCN(CC2CCCN(CC(=O)Nc3ccc(N4CCOCC4)cc3)C2)CC1. The van der Waals surface area contributed by atoms with Crippen LogP contribution >= 0.6 is 0 Å². The minimum absolute atomic E-state index is 0.0987. The number of nitrogens with zero attached hydrogens (tertiary/aromatic N) is 3. The van der Waals surface area contributed by atoms with Crippen LogP contribution in [-0.2, 0) is 9.53 Å². The smallest absolute Gasteiger partial charge is 0.238 e. The molecular formula is C24H38N4O2. The van der Waals surface area contributed by atoms with E-state index >= 15 is 0 Å². The summed E-state index contributed by atoms with van der Waals surface area (Å²) in [6.07, 6.45) is 5.18. The molecule has 166 valence electrons. The molecule has 1 atom stereocenters. The van der Waals surface area contributed by atoms with E-state index in [0.717, 1.165) is 51.0 Å². The van der Waals surface area contributed by atoms with Crippen LogP contribution in [0.3, 0.4) is 0 Å². The largest absolute Gasteiger partial charge is 0.378 e. The van der Waals surface area contributed by atoms with Gasteiger partial charge in [-0.15, -0.1) is 0 Å². The van der Waals surface area contributed by atoms with E-state index in [-0.39, 0.29) is 5.91 Å². The number of anilines is 2. The minimum atomic E-state index is 0.0987. The summed E-state index contributed by atoms with van der Waals surface area (Å²) in [4.78, 5) is 19.9. The monoisotopic (exact) mass is 414 g/mol. The lowest BCUT2D eigenvalue weighted by molar-refractivity contribution is -0.117. The second kappa shape index (κ2) is 10.6.